The Morgan fingerprint density at radius 2 is 1.94 bits per heavy atom. The molecule has 1 heterocycles. The van der Waals surface area contributed by atoms with E-state index in [1.165, 1.54) is 32.0 Å². The third kappa shape index (κ3) is 3.32. The summed E-state index contributed by atoms with van der Waals surface area (Å²) in [7, 11) is 0. The number of aromatic nitrogens is 2. The maximum Gasteiger partial charge on any atom is 0.159 e. The van der Waals surface area contributed by atoms with Gasteiger partial charge in [0.1, 0.15) is 16.6 Å². The van der Waals surface area contributed by atoms with E-state index in [2.05, 4.69) is 43.6 Å². The SMILES string of the molecule is CC1CCC(CNc2ncnc(NN)c2Br)CC1. The largest absolute Gasteiger partial charge is 0.369 e. The molecule has 6 heteroatoms. The van der Waals surface area contributed by atoms with E-state index in [9.17, 15) is 0 Å². The Bertz CT molecular complexity index is 390. The van der Waals surface area contributed by atoms with Crippen LogP contribution in [0.3, 0.4) is 0 Å². The molecule has 1 fully saturated rings. The molecule has 1 saturated carbocycles. The van der Waals surface area contributed by atoms with Crippen LogP contribution < -0.4 is 16.6 Å². The predicted molar refractivity (Wildman–Crippen MR) is 77.2 cm³/mol. The molecule has 0 saturated heterocycles. The Labute approximate surface area is 116 Å². The molecule has 1 aliphatic carbocycles. The highest BCUT2D eigenvalue weighted by Gasteiger charge is 2.18. The minimum atomic E-state index is 0.602. The number of hydrogen-bond acceptors (Lipinski definition) is 5. The molecule has 0 aromatic carbocycles. The van der Waals surface area contributed by atoms with Gasteiger partial charge in [0.25, 0.3) is 0 Å². The van der Waals surface area contributed by atoms with Gasteiger partial charge in [-0.3, -0.25) is 0 Å². The third-order valence-corrected chi connectivity index (χ3v) is 4.37. The van der Waals surface area contributed by atoms with E-state index in [1.807, 2.05) is 0 Å². The number of nitrogens with zero attached hydrogens (tertiary/aromatic N) is 2. The van der Waals surface area contributed by atoms with Crippen LogP contribution in [-0.2, 0) is 0 Å². The first-order chi connectivity index (χ1) is 8.70. The predicted octanol–water partition coefficient (Wildman–Crippen LogP) is 2.76. The number of nitrogens with one attached hydrogen (secondary N) is 2. The highest BCUT2D eigenvalue weighted by molar-refractivity contribution is 9.10. The van der Waals surface area contributed by atoms with Crippen LogP contribution in [0, 0.1) is 11.8 Å². The molecule has 2 rings (SSSR count). The van der Waals surface area contributed by atoms with E-state index in [0.29, 0.717) is 5.82 Å². The zero-order valence-corrected chi connectivity index (χ0v) is 12.2. The minimum Gasteiger partial charge on any atom is -0.369 e. The van der Waals surface area contributed by atoms with E-state index in [0.717, 1.165) is 28.7 Å². The smallest absolute Gasteiger partial charge is 0.159 e. The van der Waals surface area contributed by atoms with Crippen molar-refractivity contribution in [2.24, 2.45) is 17.7 Å². The summed E-state index contributed by atoms with van der Waals surface area (Å²) in [6.45, 7) is 3.30. The van der Waals surface area contributed by atoms with Crippen molar-refractivity contribution in [3.05, 3.63) is 10.8 Å². The highest BCUT2D eigenvalue weighted by Crippen LogP contribution is 2.30. The average molecular weight is 314 g/mol. The molecule has 0 unspecified atom stereocenters. The van der Waals surface area contributed by atoms with Crippen LogP contribution in [0.5, 0.6) is 0 Å². The van der Waals surface area contributed by atoms with Crippen LogP contribution in [0.15, 0.2) is 10.8 Å². The van der Waals surface area contributed by atoms with Crippen LogP contribution in [0.1, 0.15) is 32.6 Å². The Morgan fingerprint density at radius 3 is 2.61 bits per heavy atom. The van der Waals surface area contributed by atoms with E-state index in [-0.39, 0.29) is 0 Å². The fourth-order valence-corrected chi connectivity index (χ4v) is 2.83. The fourth-order valence-electron chi connectivity index (χ4n) is 2.37. The molecule has 1 aliphatic rings. The van der Waals surface area contributed by atoms with Crippen molar-refractivity contribution < 1.29 is 0 Å². The number of halogens is 1. The summed E-state index contributed by atoms with van der Waals surface area (Å²) in [5, 5.41) is 3.38. The molecule has 1 aromatic heterocycles. The summed E-state index contributed by atoms with van der Waals surface area (Å²) in [4.78, 5) is 8.25. The standard InChI is InChI=1S/C12H20BrN5/c1-8-2-4-9(5-3-8)6-15-11-10(13)12(18-14)17-7-16-11/h7-9H,2-6,14H2,1H3,(H2,15,16,17,18). The van der Waals surface area contributed by atoms with E-state index in [1.54, 1.807) is 0 Å². The van der Waals surface area contributed by atoms with E-state index < -0.39 is 0 Å². The lowest BCUT2D eigenvalue weighted by atomic mass is 9.83. The molecule has 5 nitrogen and oxygen atoms in total. The Hall–Kier alpha value is -0.880. The second-order valence-corrected chi connectivity index (χ2v) is 5.83. The maximum absolute atomic E-state index is 5.38. The van der Waals surface area contributed by atoms with Crippen molar-refractivity contribution in [3.63, 3.8) is 0 Å². The normalized spacial score (nSPS) is 23.7. The van der Waals surface area contributed by atoms with Crippen molar-refractivity contribution in [1.82, 2.24) is 9.97 Å². The second kappa shape index (κ2) is 6.33. The summed E-state index contributed by atoms with van der Waals surface area (Å²) in [5.74, 6) is 8.42. The average Bonchev–Trinajstić information content (AvgIpc) is 2.39. The van der Waals surface area contributed by atoms with Gasteiger partial charge in [-0.1, -0.05) is 19.8 Å². The monoisotopic (exact) mass is 313 g/mol. The topological polar surface area (TPSA) is 75.9 Å². The number of rotatable bonds is 4. The van der Waals surface area contributed by atoms with Gasteiger partial charge in [0, 0.05) is 6.54 Å². The Kier molecular flexibility index (Phi) is 4.77. The molecule has 1 aromatic rings. The minimum absolute atomic E-state index is 0.602. The zero-order chi connectivity index (χ0) is 13.0. The van der Waals surface area contributed by atoms with Crippen LogP contribution in [0.25, 0.3) is 0 Å². The maximum atomic E-state index is 5.38. The van der Waals surface area contributed by atoms with Crippen LogP contribution in [0.2, 0.25) is 0 Å². The van der Waals surface area contributed by atoms with E-state index in [4.69, 9.17) is 5.84 Å². The summed E-state index contributed by atoms with van der Waals surface area (Å²) in [6.07, 6.45) is 6.79. The Balaban J connectivity index is 1.90. The van der Waals surface area contributed by atoms with Gasteiger partial charge < -0.3 is 10.7 Å². The zero-order valence-electron chi connectivity index (χ0n) is 10.6. The summed E-state index contributed by atoms with van der Waals surface area (Å²) < 4.78 is 0.789. The summed E-state index contributed by atoms with van der Waals surface area (Å²) in [6, 6.07) is 0. The number of nitrogens with two attached hydrogens (primary N) is 1. The van der Waals surface area contributed by atoms with Crippen molar-refractivity contribution in [2.45, 2.75) is 32.6 Å². The highest BCUT2D eigenvalue weighted by atomic mass is 79.9. The van der Waals surface area contributed by atoms with Crippen molar-refractivity contribution in [2.75, 3.05) is 17.3 Å². The van der Waals surface area contributed by atoms with Crippen molar-refractivity contribution in [3.8, 4) is 0 Å². The number of anilines is 2. The van der Waals surface area contributed by atoms with Gasteiger partial charge >= 0.3 is 0 Å². The molecular weight excluding hydrogens is 294 g/mol. The number of hydrogen-bond donors (Lipinski definition) is 3. The lowest BCUT2D eigenvalue weighted by Gasteiger charge is -2.26. The van der Waals surface area contributed by atoms with Gasteiger partial charge in [-0.05, 0) is 40.6 Å². The number of nitrogen functional groups attached to an aromatic ring is 1. The van der Waals surface area contributed by atoms with Gasteiger partial charge in [-0.15, -0.1) is 0 Å². The molecular formula is C12H20BrN5. The third-order valence-electron chi connectivity index (χ3n) is 3.62. The molecule has 100 valence electrons. The number of hydrazine groups is 1. The lowest BCUT2D eigenvalue weighted by Crippen LogP contribution is -2.21. The lowest BCUT2D eigenvalue weighted by molar-refractivity contribution is 0.300. The van der Waals surface area contributed by atoms with Gasteiger partial charge in [0.2, 0.25) is 0 Å². The fraction of sp³-hybridized carbons (Fsp3) is 0.667. The molecule has 0 spiro atoms. The molecule has 18 heavy (non-hydrogen) atoms. The first kappa shape index (κ1) is 13.5. The first-order valence-electron chi connectivity index (χ1n) is 6.41. The first-order valence-corrected chi connectivity index (χ1v) is 7.21. The quantitative estimate of drug-likeness (QED) is 0.588. The molecule has 0 bridgehead atoms. The molecule has 4 N–H and O–H groups in total. The van der Waals surface area contributed by atoms with Gasteiger partial charge in [-0.25, -0.2) is 15.8 Å². The van der Waals surface area contributed by atoms with Gasteiger partial charge in [-0.2, -0.15) is 0 Å². The molecule has 0 aliphatic heterocycles. The molecule has 0 atom stereocenters. The van der Waals surface area contributed by atoms with Crippen molar-refractivity contribution in [1.29, 1.82) is 0 Å². The van der Waals surface area contributed by atoms with E-state index >= 15 is 0 Å². The van der Waals surface area contributed by atoms with Crippen LogP contribution >= 0.6 is 15.9 Å². The summed E-state index contributed by atoms with van der Waals surface area (Å²) in [5.41, 5.74) is 2.54. The summed E-state index contributed by atoms with van der Waals surface area (Å²) >= 11 is 3.45. The van der Waals surface area contributed by atoms with Gasteiger partial charge in [0.15, 0.2) is 5.82 Å². The van der Waals surface area contributed by atoms with Crippen molar-refractivity contribution >= 4 is 27.6 Å². The van der Waals surface area contributed by atoms with Crippen LogP contribution in [-0.4, -0.2) is 16.5 Å². The second-order valence-electron chi connectivity index (χ2n) is 5.04. The molecule has 0 amide bonds. The molecule has 0 radical (unpaired) electrons. The van der Waals surface area contributed by atoms with Gasteiger partial charge in [0.05, 0.1) is 0 Å². The van der Waals surface area contributed by atoms with Crippen LogP contribution in [0.4, 0.5) is 11.6 Å². The Morgan fingerprint density at radius 1 is 1.28 bits per heavy atom.